The van der Waals surface area contributed by atoms with E-state index in [1.54, 1.807) is 12.1 Å². The van der Waals surface area contributed by atoms with Crippen LogP contribution in [0.2, 0.25) is 0 Å². The topological polar surface area (TPSA) is 90.7 Å². The lowest BCUT2D eigenvalue weighted by Crippen LogP contribution is -2.40. The number of esters is 1. The Kier molecular flexibility index (Phi) is 7.82. The first kappa shape index (κ1) is 23.9. The van der Waals surface area contributed by atoms with Gasteiger partial charge in [-0.05, 0) is 49.8 Å². The van der Waals surface area contributed by atoms with Crippen molar-refractivity contribution in [3.05, 3.63) is 36.2 Å². The number of ether oxygens (including phenoxy) is 2. The minimum absolute atomic E-state index is 0.213. The van der Waals surface area contributed by atoms with Crippen LogP contribution in [0.3, 0.4) is 0 Å². The van der Waals surface area contributed by atoms with E-state index in [-0.39, 0.29) is 17.3 Å². The van der Waals surface area contributed by atoms with E-state index in [1.165, 1.54) is 4.31 Å². The van der Waals surface area contributed by atoms with Crippen molar-refractivity contribution in [1.82, 2.24) is 13.9 Å². The SMILES string of the molecule is CCCn1c(CCC(=O)OCC2CC=CCC2)nc2cc(S(=O)(=O)N3CCOCC3)ccc21. The summed E-state index contributed by atoms with van der Waals surface area (Å²) in [4.78, 5) is 17.3. The first-order chi connectivity index (χ1) is 16.0. The van der Waals surface area contributed by atoms with E-state index < -0.39 is 10.0 Å². The van der Waals surface area contributed by atoms with Gasteiger partial charge >= 0.3 is 5.97 Å². The standard InChI is InChI=1S/C24H33N3O5S/c1-2-12-27-22-9-8-20(33(29,30)26-13-15-31-16-14-26)17-21(22)25-23(27)10-11-24(28)32-18-19-6-4-3-5-7-19/h3-4,8-9,17,19H,2,5-7,10-16,18H2,1H3. The number of carbonyl (C=O) groups is 1. The van der Waals surface area contributed by atoms with E-state index in [9.17, 15) is 13.2 Å². The van der Waals surface area contributed by atoms with Crippen LogP contribution in [-0.4, -0.2) is 61.2 Å². The van der Waals surface area contributed by atoms with Gasteiger partial charge < -0.3 is 14.0 Å². The van der Waals surface area contributed by atoms with Crippen molar-refractivity contribution in [3.63, 3.8) is 0 Å². The summed E-state index contributed by atoms with van der Waals surface area (Å²) < 4.78 is 40.4. The van der Waals surface area contributed by atoms with Gasteiger partial charge in [0, 0.05) is 26.1 Å². The number of aromatic nitrogens is 2. The molecule has 180 valence electrons. The smallest absolute Gasteiger partial charge is 0.306 e. The number of hydrogen-bond acceptors (Lipinski definition) is 6. The van der Waals surface area contributed by atoms with E-state index in [0.717, 1.165) is 43.6 Å². The lowest BCUT2D eigenvalue weighted by Gasteiger charge is -2.26. The minimum atomic E-state index is -3.59. The monoisotopic (exact) mass is 475 g/mol. The van der Waals surface area contributed by atoms with Gasteiger partial charge in [0.05, 0.1) is 42.2 Å². The predicted octanol–water partition coefficient (Wildman–Crippen LogP) is 3.30. The Balaban J connectivity index is 1.47. The maximum absolute atomic E-state index is 13.0. The third kappa shape index (κ3) is 5.65. The summed E-state index contributed by atoms with van der Waals surface area (Å²) in [5, 5.41) is 0. The van der Waals surface area contributed by atoms with E-state index >= 15 is 0 Å². The average Bonchev–Trinajstić information content (AvgIpc) is 3.19. The van der Waals surface area contributed by atoms with Crippen molar-refractivity contribution in [2.75, 3.05) is 32.9 Å². The molecule has 0 N–H and O–H groups in total. The number of fused-ring (bicyclic) bond motifs is 1. The van der Waals surface area contributed by atoms with Crippen molar-refractivity contribution in [1.29, 1.82) is 0 Å². The van der Waals surface area contributed by atoms with Crippen LogP contribution in [0.5, 0.6) is 0 Å². The molecule has 1 aromatic carbocycles. The zero-order chi connectivity index (χ0) is 23.3. The first-order valence-electron chi connectivity index (χ1n) is 11.9. The molecule has 9 heteroatoms. The van der Waals surface area contributed by atoms with E-state index in [4.69, 9.17) is 14.5 Å². The van der Waals surface area contributed by atoms with Crippen LogP contribution in [0, 0.1) is 5.92 Å². The quantitative estimate of drug-likeness (QED) is 0.408. The largest absolute Gasteiger partial charge is 0.465 e. The number of imidazole rings is 1. The highest BCUT2D eigenvalue weighted by Crippen LogP contribution is 2.25. The summed E-state index contributed by atoms with van der Waals surface area (Å²) in [6.45, 7) is 4.83. The Bertz CT molecular complexity index is 1100. The molecule has 4 rings (SSSR count). The van der Waals surface area contributed by atoms with Gasteiger partial charge in [0.25, 0.3) is 0 Å². The number of allylic oxidation sites excluding steroid dienone is 2. The highest BCUT2D eigenvalue weighted by Gasteiger charge is 2.27. The third-order valence-electron chi connectivity index (χ3n) is 6.26. The maximum atomic E-state index is 13.0. The number of nitrogens with zero attached hydrogens (tertiary/aromatic N) is 3. The van der Waals surface area contributed by atoms with Crippen molar-refractivity contribution in [2.45, 2.75) is 56.9 Å². The molecule has 1 unspecified atom stereocenters. The fraction of sp³-hybridized carbons (Fsp3) is 0.583. The molecule has 2 aliphatic rings. The number of sulfonamides is 1. The van der Waals surface area contributed by atoms with Gasteiger partial charge in [-0.1, -0.05) is 19.1 Å². The van der Waals surface area contributed by atoms with Crippen LogP contribution in [0.25, 0.3) is 11.0 Å². The molecule has 0 radical (unpaired) electrons. The Morgan fingerprint density at radius 1 is 1.24 bits per heavy atom. The minimum Gasteiger partial charge on any atom is -0.465 e. The molecule has 1 fully saturated rings. The van der Waals surface area contributed by atoms with Crippen LogP contribution in [0.15, 0.2) is 35.2 Å². The molecular weight excluding hydrogens is 442 g/mol. The number of morpholine rings is 1. The third-order valence-corrected chi connectivity index (χ3v) is 8.16. The zero-order valence-corrected chi connectivity index (χ0v) is 20.1. The number of carbonyl (C=O) groups excluding carboxylic acids is 1. The summed E-state index contributed by atoms with van der Waals surface area (Å²) in [6.07, 6.45) is 9.04. The van der Waals surface area contributed by atoms with Crippen molar-refractivity contribution in [3.8, 4) is 0 Å². The predicted molar refractivity (Wildman–Crippen MR) is 125 cm³/mol. The number of aryl methyl sites for hydroxylation is 2. The fourth-order valence-electron chi connectivity index (χ4n) is 4.42. The van der Waals surface area contributed by atoms with E-state index in [0.29, 0.717) is 50.8 Å². The molecule has 1 aromatic heterocycles. The van der Waals surface area contributed by atoms with Gasteiger partial charge in [0.2, 0.25) is 10.0 Å². The molecule has 33 heavy (non-hydrogen) atoms. The highest BCUT2D eigenvalue weighted by molar-refractivity contribution is 7.89. The summed E-state index contributed by atoms with van der Waals surface area (Å²) in [6, 6.07) is 5.12. The summed E-state index contributed by atoms with van der Waals surface area (Å²) in [5.74, 6) is 0.982. The second-order valence-electron chi connectivity index (χ2n) is 8.68. The molecule has 0 bridgehead atoms. The van der Waals surface area contributed by atoms with E-state index in [1.807, 2.05) is 6.07 Å². The lowest BCUT2D eigenvalue weighted by atomic mass is 9.95. The molecular formula is C24H33N3O5S. The number of benzene rings is 1. The van der Waals surface area contributed by atoms with E-state index in [2.05, 4.69) is 23.6 Å². The highest BCUT2D eigenvalue weighted by atomic mass is 32.2. The molecule has 2 aromatic rings. The second kappa shape index (κ2) is 10.8. The number of rotatable bonds is 9. The maximum Gasteiger partial charge on any atom is 0.306 e. The normalized spacial score (nSPS) is 19.7. The second-order valence-corrected chi connectivity index (χ2v) is 10.6. The van der Waals surface area contributed by atoms with Crippen molar-refractivity contribution in [2.24, 2.45) is 5.92 Å². The Morgan fingerprint density at radius 3 is 2.79 bits per heavy atom. The van der Waals surface area contributed by atoms with Crippen LogP contribution in [0.4, 0.5) is 0 Å². The Hall–Kier alpha value is -2.23. The zero-order valence-electron chi connectivity index (χ0n) is 19.2. The molecule has 2 heterocycles. The van der Waals surface area contributed by atoms with Gasteiger partial charge in [-0.2, -0.15) is 4.31 Å². The van der Waals surface area contributed by atoms with Crippen LogP contribution >= 0.6 is 0 Å². The van der Waals surface area contributed by atoms with Crippen molar-refractivity contribution < 1.29 is 22.7 Å². The van der Waals surface area contributed by atoms with Gasteiger partial charge in [0.1, 0.15) is 5.82 Å². The summed E-state index contributed by atoms with van der Waals surface area (Å²) in [7, 11) is -3.59. The Labute approximate surface area is 195 Å². The van der Waals surface area contributed by atoms with Gasteiger partial charge in [-0.3, -0.25) is 4.79 Å². The average molecular weight is 476 g/mol. The molecule has 1 saturated heterocycles. The molecule has 1 aliphatic heterocycles. The van der Waals surface area contributed by atoms with Gasteiger partial charge in [-0.15, -0.1) is 0 Å². The van der Waals surface area contributed by atoms with Gasteiger partial charge in [-0.25, -0.2) is 13.4 Å². The van der Waals surface area contributed by atoms with Crippen LogP contribution < -0.4 is 0 Å². The molecule has 0 spiro atoms. The summed E-state index contributed by atoms with van der Waals surface area (Å²) >= 11 is 0. The lowest BCUT2D eigenvalue weighted by molar-refractivity contribution is -0.145. The number of hydrogen-bond donors (Lipinski definition) is 0. The fourth-order valence-corrected chi connectivity index (χ4v) is 5.85. The van der Waals surface area contributed by atoms with Crippen molar-refractivity contribution >= 4 is 27.0 Å². The first-order valence-corrected chi connectivity index (χ1v) is 13.3. The summed E-state index contributed by atoms with van der Waals surface area (Å²) in [5.41, 5.74) is 1.52. The molecule has 0 amide bonds. The molecule has 0 saturated carbocycles. The Morgan fingerprint density at radius 2 is 2.06 bits per heavy atom. The molecule has 8 nitrogen and oxygen atoms in total. The van der Waals surface area contributed by atoms with Crippen LogP contribution in [-0.2, 0) is 37.3 Å². The molecule has 1 aliphatic carbocycles. The van der Waals surface area contributed by atoms with Crippen LogP contribution in [0.1, 0.15) is 44.9 Å². The van der Waals surface area contributed by atoms with Gasteiger partial charge in [0.15, 0.2) is 0 Å². The molecule has 1 atom stereocenters.